The second-order valence-electron chi connectivity index (χ2n) is 6.13. The number of sulfone groups is 1. The molecule has 1 N–H and O–H groups in total. The quantitative estimate of drug-likeness (QED) is 0.805. The molecule has 2 atom stereocenters. The molecular weight excluding hydrogens is 292 g/mol. The van der Waals surface area contributed by atoms with Crippen molar-refractivity contribution in [2.24, 2.45) is 5.41 Å². The van der Waals surface area contributed by atoms with Crippen molar-refractivity contribution in [2.45, 2.75) is 38.5 Å². The highest BCUT2D eigenvalue weighted by molar-refractivity contribution is 8.01. The zero-order chi connectivity index (χ0) is 14.6. The van der Waals surface area contributed by atoms with Crippen LogP contribution in [0.1, 0.15) is 33.1 Å². The Bertz CT molecular complexity index is 405. The summed E-state index contributed by atoms with van der Waals surface area (Å²) in [4.78, 5) is 2.26. The van der Waals surface area contributed by atoms with Crippen LogP contribution in [-0.2, 0) is 9.84 Å². The molecule has 0 aromatic rings. The van der Waals surface area contributed by atoms with E-state index in [0.29, 0.717) is 0 Å². The Hall–Kier alpha value is 0.220. The summed E-state index contributed by atoms with van der Waals surface area (Å²) < 4.78 is 24.7. The first kappa shape index (κ1) is 16.6. The summed E-state index contributed by atoms with van der Waals surface area (Å²) in [6.45, 7) is 7.98. The van der Waals surface area contributed by atoms with Crippen molar-refractivity contribution in [2.75, 3.05) is 43.4 Å². The van der Waals surface area contributed by atoms with Crippen LogP contribution >= 0.6 is 11.8 Å². The Kier molecular flexibility index (Phi) is 5.79. The molecule has 0 saturated carbocycles. The van der Waals surface area contributed by atoms with Gasteiger partial charge in [0.25, 0.3) is 0 Å². The van der Waals surface area contributed by atoms with E-state index in [1.807, 2.05) is 0 Å². The highest BCUT2D eigenvalue weighted by atomic mass is 32.2. The van der Waals surface area contributed by atoms with Crippen molar-refractivity contribution >= 4 is 21.6 Å². The SMILES string of the molecule is CCCC1(CN2CCSCC2S(=O)(=O)CC)CCNC1. The Morgan fingerprint density at radius 1 is 1.40 bits per heavy atom. The van der Waals surface area contributed by atoms with Crippen molar-refractivity contribution in [3.8, 4) is 0 Å². The van der Waals surface area contributed by atoms with E-state index in [0.717, 1.165) is 37.7 Å². The molecular formula is C14H28N2O2S2. The van der Waals surface area contributed by atoms with E-state index in [4.69, 9.17) is 0 Å². The van der Waals surface area contributed by atoms with E-state index in [1.54, 1.807) is 18.7 Å². The van der Waals surface area contributed by atoms with E-state index in [9.17, 15) is 8.42 Å². The van der Waals surface area contributed by atoms with Gasteiger partial charge in [0.2, 0.25) is 0 Å². The van der Waals surface area contributed by atoms with Crippen LogP contribution in [0, 0.1) is 5.41 Å². The third kappa shape index (κ3) is 3.70. The predicted molar refractivity (Wildman–Crippen MR) is 87.0 cm³/mol. The summed E-state index contributed by atoms with van der Waals surface area (Å²) in [7, 11) is -2.97. The van der Waals surface area contributed by atoms with Crippen LogP contribution in [0.2, 0.25) is 0 Å². The first-order valence-corrected chi connectivity index (χ1v) is 10.6. The molecule has 2 heterocycles. The molecule has 2 saturated heterocycles. The highest BCUT2D eigenvalue weighted by Gasteiger charge is 2.40. The van der Waals surface area contributed by atoms with Crippen LogP contribution in [0.3, 0.4) is 0 Å². The van der Waals surface area contributed by atoms with Gasteiger partial charge in [-0.1, -0.05) is 20.3 Å². The Morgan fingerprint density at radius 2 is 2.20 bits per heavy atom. The molecule has 0 radical (unpaired) electrons. The van der Waals surface area contributed by atoms with Crippen LogP contribution in [0.25, 0.3) is 0 Å². The summed E-state index contributed by atoms with van der Waals surface area (Å²) in [5.41, 5.74) is 0.290. The maximum atomic E-state index is 12.3. The van der Waals surface area contributed by atoms with Gasteiger partial charge in [-0.2, -0.15) is 11.8 Å². The fourth-order valence-corrected chi connectivity index (χ4v) is 6.58. The van der Waals surface area contributed by atoms with E-state index >= 15 is 0 Å². The summed E-state index contributed by atoms with van der Waals surface area (Å²) in [6.07, 6.45) is 3.56. The number of rotatable bonds is 6. The summed E-state index contributed by atoms with van der Waals surface area (Å²) in [5.74, 6) is 2.06. The molecule has 0 aliphatic carbocycles. The molecule has 0 aromatic heterocycles. The van der Waals surface area contributed by atoms with Crippen molar-refractivity contribution in [3.05, 3.63) is 0 Å². The first-order chi connectivity index (χ1) is 9.53. The fourth-order valence-electron chi connectivity index (χ4n) is 3.50. The molecule has 0 spiro atoms. The van der Waals surface area contributed by atoms with Gasteiger partial charge in [0.1, 0.15) is 5.37 Å². The molecule has 2 unspecified atom stereocenters. The number of nitrogens with zero attached hydrogens (tertiary/aromatic N) is 1. The largest absolute Gasteiger partial charge is 0.316 e. The summed E-state index contributed by atoms with van der Waals surface area (Å²) >= 11 is 1.78. The maximum absolute atomic E-state index is 12.3. The molecule has 20 heavy (non-hydrogen) atoms. The number of nitrogens with one attached hydrogen (secondary N) is 1. The van der Waals surface area contributed by atoms with E-state index < -0.39 is 9.84 Å². The Labute approximate surface area is 128 Å². The number of hydrogen-bond donors (Lipinski definition) is 1. The van der Waals surface area contributed by atoms with Gasteiger partial charge in [0.15, 0.2) is 9.84 Å². The van der Waals surface area contributed by atoms with Gasteiger partial charge in [0, 0.05) is 36.9 Å². The fraction of sp³-hybridized carbons (Fsp3) is 1.00. The van der Waals surface area contributed by atoms with Crippen LogP contribution < -0.4 is 5.32 Å². The summed E-state index contributed by atoms with van der Waals surface area (Å²) in [5, 5.41) is 3.21. The van der Waals surface area contributed by atoms with E-state index in [1.165, 1.54) is 19.3 Å². The molecule has 2 fully saturated rings. The number of hydrogen-bond acceptors (Lipinski definition) is 5. The molecule has 4 nitrogen and oxygen atoms in total. The summed E-state index contributed by atoms with van der Waals surface area (Å²) in [6, 6.07) is 0. The third-order valence-corrected chi connectivity index (χ3v) is 7.99. The first-order valence-electron chi connectivity index (χ1n) is 7.77. The van der Waals surface area contributed by atoms with Gasteiger partial charge in [-0.3, -0.25) is 4.90 Å². The lowest BCUT2D eigenvalue weighted by Gasteiger charge is -2.41. The molecule has 0 aromatic carbocycles. The van der Waals surface area contributed by atoms with Gasteiger partial charge in [-0.25, -0.2) is 8.42 Å². The minimum Gasteiger partial charge on any atom is -0.316 e. The van der Waals surface area contributed by atoms with Crippen molar-refractivity contribution in [1.29, 1.82) is 0 Å². The minimum absolute atomic E-state index is 0.258. The van der Waals surface area contributed by atoms with Crippen LogP contribution in [0.4, 0.5) is 0 Å². The van der Waals surface area contributed by atoms with Gasteiger partial charge in [0.05, 0.1) is 0 Å². The average Bonchev–Trinajstić information content (AvgIpc) is 2.88. The van der Waals surface area contributed by atoms with E-state index in [-0.39, 0.29) is 16.5 Å². The minimum atomic E-state index is -2.97. The van der Waals surface area contributed by atoms with E-state index in [2.05, 4.69) is 17.1 Å². The zero-order valence-electron chi connectivity index (χ0n) is 12.7. The second kappa shape index (κ2) is 6.99. The van der Waals surface area contributed by atoms with Gasteiger partial charge >= 0.3 is 0 Å². The maximum Gasteiger partial charge on any atom is 0.166 e. The lowest BCUT2D eigenvalue weighted by molar-refractivity contribution is 0.149. The standard InChI is InChI=1S/C14H28N2O2S2/c1-3-5-14(6-7-15-11-14)12-16-8-9-19-10-13(16)20(17,18)4-2/h13,15H,3-12H2,1-2H3. The number of thioether (sulfide) groups is 1. The van der Waals surface area contributed by atoms with Crippen LogP contribution in [0.15, 0.2) is 0 Å². The lowest BCUT2D eigenvalue weighted by Crippen LogP contribution is -2.52. The molecule has 2 aliphatic heterocycles. The van der Waals surface area contributed by atoms with Gasteiger partial charge in [-0.15, -0.1) is 0 Å². The lowest BCUT2D eigenvalue weighted by atomic mass is 9.82. The Balaban J connectivity index is 2.12. The smallest absolute Gasteiger partial charge is 0.166 e. The monoisotopic (exact) mass is 320 g/mol. The molecule has 2 rings (SSSR count). The average molecular weight is 321 g/mol. The van der Waals surface area contributed by atoms with Gasteiger partial charge < -0.3 is 5.32 Å². The molecule has 2 aliphatic rings. The van der Waals surface area contributed by atoms with Crippen LogP contribution in [0.5, 0.6) is 0 Å². The molecule has 0 amide bonds. The van der Waals surface area contributed by atoms with Crippen molar-refractivity contribution < 1.29 is 8.42 Å². The van der Waals surface area contributed by atoms with Gasteiger partial charge in [-0.05, 0) is 24.8 Å². The molecule has 0 bridgehead atoms. The highest BCUT2D eigenvalue weighted by Crippen LogP contribution is 2.34. The topological polar surface area (TPSA) is 49.4 Å². The van der Waals surface area contributed by atoms with Crippen LogP contribution in [-0.4, -0.2) is 62.1 Å². The predicted octanol–water partition coefficient (Wildman–Crippen LogP) is 1.58. The third-order valence-electron chi connectivity index (χ3n) is 4.66. The normalized spacial score (nSPS) is 32.6. The Morgan fingerprint density at radius 3 is 2.80 bits per heavy atom. The second-order valence-corrected chi connectivity index (χ2v) is 9.73. The van der Waals surface area contributed by atoms with Crippen molar-refractivity contribution in [3.63, 3.8) is 0 Å². The van der Waals surface area contributed by atoms with Crippen molar-refractivity contribution in [1.82, 2.24) is 10.2 Å². The zero-order valence-corrected chi connectivity index (χ0v) is 14.4. The molecule has 6 heteroatoms. The molecule has 118 valence electrons.